The molecule has 5 heterocycles. The SMILES string of the molecule is Cc1ccccn1.Cc1cccnc1.[2H]c1nc(C)c([2H])c([2H])c1[2H].[2H]c1nc([2H])c(C)c([2H])c1[2H].[2H]c1nc([2H])c([2H])c(C)c1[2H]. The Morgan fingerprint density at radius 2 is 1.34 bits per heavy atom. The number of hydrogen-bond donors (Lipinski definition) is 0. The summed E-state index contributed by atoms with van der Waals surface area (Å²) in [5, 5.41) is 0. The topological polar surface area (TPSA) is 64.5 Å². The van der Waals surface area contributed by atoms with Gasteiger partial charge in [0.25, 0.3) is 0 Å². The molecule has 5 rings (SSSR count). The highest BCUT2D eigenvalue weighted by atomic mass is 14.6. The zero-order valence-corrected chi connectivity index (χ0v) is 20.4. The Balaban J connectivity index is 0.000000298. The maximum absolute atomic E-state index is 7.26. The molecule has 0 unspecified atom stereocenters. The van der Waals surface area contributed by atoms with Crippen molar-refractivity contribution in [2.45, 2.75) is 34.6 Å². The van der Waals surface area contributed by atoms with Crippen LogP contribution in [0, 0.1) is 34.6 Å². The van der Waals surface area contributed by atoms with E-state index in [1.165, 1.54) is 5.56 Å². The third kappa shape index (κ3) is 17.9. The molecule has 0 aliphatic rings. The number of nitrogens with zero attached hydrogens (tertiary/aromatic N) is 5. The lowest BCUT2D eigenvalue weighted by Gasteiger charge is -1.82. The van der Waals surface area contributed by atoms with E-state index in [9.17, 15) is 0 Å². The molecule has 180 valence electrons. The maximum Gasteiger partial charge on any atom is 0.0843 e. The van der Waals surface area contributed by atoms with Crippen LogP contribution in [-0.2, 0) is 0 Å². The molecule has 5 aromatic heterocycles. The minimum absolute atomic E-state index is 0.0639. The van der Waals surface area contributed by atoms with Gasteiger partial charge in [0.1, 0.15) is 0 Å². The van der Waals surface area contributed by atoms with Gasteiger partial charge in [0.2, 0.25) is 0 Å². The molecule has 0 radical (unpaired) electrons. The number of pyridine rings is 5. The van der Waals surface area contributed by atoms with Crippen molar-refractivity contribution in [3.05, 3.63) is 150 Å². The van der Waals surface area contributed by atoms with E-state index in [1.54, 1.807) is 33.2 Å². The number of rotatable bonds is 0. The first-order valence-corrected chi connectivity index (χ1v) is 10.4. The first-order chi connectivity index (χ1) is 21.9. The van der Waals surface area contributed by atoms with Crippen LogP contribution in [0.3, 0.4) is 0 Å². The maximum atomic E-state index is 7.26. The fraction of sp³-hybridized carbons (Fsp3) is 0.167. The fourth-order valence-corrected chi connectivity index (χ4v) is 1.76. The second-order valence-electron chi connectivity index (χ2n) is 6.61. The number of aryl methyl sites for hydroxylation is 3. The van der Waals surface area contributed by atoms with Gasteiger partial charge < -0.3 is 0 Å². The molecule has 0 aliphatic carbocycles. The van der Waals surface area contributed by atoms with E-state index < -0.39 is 0 Å². The Hall–Kier alpha value is -4.25. The van der Waals surface area contributed by atoms with Crippen LogP contribution in [0.4, 0.5) is 0 Å². The average Bonchev–Trinajstić information content (AvgIpc) is 3.04. The molecule has 0 saturated heterocycles. The zero-order chi connectivity index (χ0) is 36.0. The van der Waals surface area contributed by atoms with E-state index in [0.717, 1.165) is 5.69 Å². The molecule has 5 nitrogen and oxygen atoms in total. The van der Waals surface area contributed by atoms with Gasteiger partial charge in [-0.1, -0.05) is 24.2 Å². The van der Waals surface area contributed by atoms with Crippen molar-refractivity contribution in [2.24, 2.45) is 0 Å². The predicted molar refractivity (Wildman–Crippen MR) is 145 cm³/mol. The monoisotopic (exact) mass is 477 g/mol. The van der Waals surface area contributed by atoms with Gasteiger partial charge in [-0.25, -0.2) is 0 Å². The highest BCUT2D eigenvalue weighted by Crippen LogP contribution is 1.90. The smallest absolute Gasteiger partial charge is 0.0843 e. The Bertz CT molecular complexity index is 1500. The van der Waals surface area contributed by atoms with E-state index in [0.29, 0.717) is 16.8 Å². The van der Waals surface area contributed by atoms with Gasteiger partial charge in [-0.05, 0) is 99.7 Å². The summed E-state index contributed by atoms with van der Waals surface area (Å²) in [6, 6.07) is 8.83. The van der Waals surface area contributed by atoms with Gasteiger partial charge in [0, 0.05) is 60.8 Å². The Labute approximate surface area is 226 Å². The molecule has 0 aromatic carbocycles. The Kier molecular flexibility index (Phi) is 8.19. The van der Waals surface area contributed by atoms with E-state index in [-0.39, 0.29) is 73.2 Å². The van der Waals surface area contributed by atoms with Crippen LogP contribution >= 0.6 is 0 Å². The van der Waals surface area contributed by atoms with Gasteiger partial charge in [0.15, 0.2) is 0 Å². The van der Waals surface area contributed by atoms with E-state index in [4.69, 9.17) is 16.4 Å². The predicted octanol–water partition coefficient (Wildman–Crippen LogP) is 6.95. The zero-order valence-electron chi connectivity index (χ0n) is 32.4. The number of aromatic nitrogens is 5. The molecule has 0 fully saturated rings. The first-order valence-electron chi connectivity index (χ1n) is 16.4. The summed E-state index contributed by atoms with van der Waals surface area (Å²) in [5.74, 6) is 0. The summed E-state index contributed by atoms with van der Waals surface area (Å²) >= 11 is 0. The quantitative estimate of drug-likeness (QED) is 0.241. The molecule has 0 bridgehead atoms. The lowest BCUT2D eigenvalue weighted by Crippen LogP contribution is -1.72. The largest absolute Gasteiger partial charge is 0.265 e. The third-order valence-corrected chi connectivity index (χ3v) is 3.39. The minimum atomic E-state index is -0.300. The molecule has 35 heavy (non-hydrogen) atoms. The summed E-state index contributed by atoms with van der Waals surface area (Å²) in [6.07, 6.45) is 4.31. The summed E-state index contributed by atoms with van der Waals surface area (Å²) in [6.45, 7) is 8.64. The van der Waals surface area contributed by atoms with Crippen molar-refractivity contribution in [1.29, 1.82) is 0 Å². The molecule has 0 spiro atoms. The number of hydrogen-bond acceptors (Lipinski definition) is 5. The molecule has 0 atom stereocenters. The molecule has 0 amide bonds. The minimum Gasteiger partial charge on any atom is -0.265 e. The van der Waals surface area contributed by atoms with Crippen LogP contribution < -0.4 is 0 Å². The van der Waals surface area contributed by atoms with Gasteiger partial charge in [0.05, 0.1) is 16.4 Å². The fourth-order valence-electron chi connectivity index (χ4n) is 1.76. The Morgan fingerprint density at radius 1 is 0.543 bits per heavy atom. The lowest BCUT2D eigenvalue weighted by molar-refractivity contribution is 1.20. The van der Waals surface area contributed by atoms with Crippen molar-refractivity contribution < 1.29 is 16.4 Å². The summed E-state index contributed by atoms with van der Waals surface area (Å²) in [4.78, 5) is 18.3. The van der Waals surface area contributed by atoms with Gasteiger partial charge in [-0.3, -0.25) is 24.9 Å². The normalized spacial score (nSPS) is 13.5. The van der Waals surface area contributed by atoms with Crippen molar-refractivity contribution in [2.75, 3.05) is 0 Å². The molecule has 0 N–H and O–H groups in total. The standard InChI is InChI=1S/5C6H7N/c1-6-2-4-7-5-3-6;2*1-6-3-2-4-7-5-6;2*1-6-4-2-3-5-7-6/h5*2-5H,1H3/i2*2D,3D,4D,5D;;2D,3D,4D,5D;. The molecule has 0 saturated carbocycles. The third-order valence-electron chi connectivity index (χ3n) is 3.39. The molecule has 0 aliphatic heterocycles. The van der Waals surface area contributed by atoms with Crippen LogP contribution in [0.5, 0.6) is 0 Å². The van der Waals surface area contributed by atoms with Crippen molar-refractivity contribution in [3.63, 3.8) is 0 Å². The molecule has 5 aromatic rings. The summed E-state index contributed by atoms with van der Waals surface area (Å²) < 4.78 is 85.9. The van der Waals surface area contributed by atoms with Gasteiger partial charge >= 0.3 is 0 Å². The second kappa shape index (κ2) is 19.2. The van der Waals surface area contributed by atoms with E-state index in [1.807, 2.05) is 50.4 Å². The summed E-state index contributed by atoms with van der Waals surface area (Å²) in [5.41, 5.74) is 3.31. The average molecular weight is 478 g/mol. The van der Waals surface area contributed by atoms with E-state index in [2.05, 4.69) is 24.9 Å². The van der Waals surface area contributed by atoms with E-state index >= 15 is 0 Å². The van der Waals surface area contributed by atoms with Gasteiger partial charge in [-0.2, -0.15) is 0 Å². The highest BCUT2D eigenvalue weighted by molar-refractivity contribution is 5.06. The molecular weight excluding hydrogens is 430 g/mol. The van der Waals surface area contributed by atoms with Gasteiger partial charge in [-0.15, -0.1) is 0 Å². The molecule has 5 heteroatoms. The highest BCUT2D eigenvalue weighted by Gasteiger charge is 1.75. The van der Waals surface area contributed by atoms with Crippen LogP contribution in [0.15, 0.2) is 122 Å². The summed E-state index contributed by atoms with van der Waals surface area (Å²) in [7, 11) is 0. The van der Waals surface area contributed by atoms with Crippen LogP contribution in [0.25, 0.3) is 0 Å². The van der Waals surface area contributed by atoms with Crippen molar-refractivity contribution >= 4 is 0 Å². The van der Waals surface area contributed by atoms with Crippen LogP contribution in [-0.4, -0.2) is 24.9 Å². The van der Waals surface area contributed by atoms with Crippen molar-refractivity contribution in [1.82, 2.24) is 24.9 Å². The Morgan fingerprint density at radius 3 is 1.91 bits per heavy atom. The van der Waals surface area contributed by atoms with Crippen LogP contribution in [0.1, 0.15) is 44.5 Å². The lowest BCUT2D eigenvalue weighted by atomic mass is 10.3. The molecular formula is C30H35N5. The van der Waals surface area contributed by atoms with Crippen LogP contribution in [0.2, 0.25) is 0 Å². The first kappa shape index (κ1) is 14.9. The van der Waals surface area contributed by atoms with Crippen molar-refractivity contribution in [3.8, 4) is 0 Å². The second-order valence-corrected chi connectivity index (χ2v) is 6.61.